The Morgan fingerprint density at radius 3 is 2.31 bits per heavy atom. The molecule has 1 atom stereocenters. The third kappa shape index (κ3) is 5.57. The van der Waals surface area contributed by atoms with E-state index in [0.717, 1.165) is 0 Å². The van der Waals surface area contributed by atoms with Crippen LogP contribution in [0.2, 0.25) is 0 Å². The van der Waals surface area contributed by atoms with E-state index in [4.69, 9.17) is 20.3 Å². The van der Waals surface area contributed by atoms with Crippen LogP contribution in [-0.2, 0) is 14.3 Å². The first-order chi connectivity index (χ1) is 6.11. The minimum absolute atomic E-state index is 0.263. The quantitative estimate of drug-likeness (QED) is 0.561. The largest absolute Gasteiger partial charge is 0.480 e. The van der Waals surface area contributed by atoms with E-state index in [1.54, 1.807) is 14.2 Å². The molecule has 0 fully saturated rings. The maximum atomic E-state index is 10.3. The molecule has 0 saturated carbocycles. The molecule has 0 rings (SSSR count). The Balaban J connectivity index is 3.48. The zero-order valence-electron chi connectivity index (χ0n) is 8.03. The first-order valence-electron chi connectivity index (χ1n) is 4.15. The highest BCUT2D eigenvalue weighted by molar-refractivity contribution is 5.72. The summed E-state index contributed by atoms with van der Waals surface area (Å²) in [5, 5.41) is 8.47. The monoisotopic (exact) mass is 191 g/mol. The fourth-order valence-corrected chi connectivity index (χ4v) is 0.960. The normalized spacial score (nSPS) is 13.2. The second-order valence-electron chi connectivity index (χ2n) is 2.78. The minimum Gasteiger partial charge on any atom is -0.480 e. The van der Waals surface area contributed by atoms with Crippen LogP contribution in [0.3, 0.4) is 0 Å². The van der Waals surface area contributed by atoms with Crippen LogP contribution < -0.4 is 5.73 Å². The van der Waals surface area contributed by atoms with Gasteiger partial charge in [-0.25, -0.2) is 0 Å². The molecule has 5 nitrogen and oxygen atoms in total. The van der Waals surface area contributed by atoms with Gasteiger partial charge in [0.05, 0.1) is 0 Å². The van der Waals surface area contributed by atoms with Gasteiger partial charge in [-0.3, -0.25) is 4.79 Å². The van der Waals surface area contributed by atoms with Gasteiger partial charge in [0, 0.05) is 14.2 Å². The lowest BCUT2D eigenvalue weighted by Crippen LogP contribution is -2.30. The molecule has 0 aromatic rings. The summed E-state index contributed by atoms with van der Waals surface area (Å²) in [4.78, 5) is 10.3. The van der Waals surface area contributed by atoms with E-state index < -0.39 is 12.0 Å². The van der Waals surface area contributed by atoms with Gasteiger partial charge in [0.1, 0.15) is 6.04 Å². The molecule has 0 heterocycles. The number of aliphatic carboxylic acids is 1. The highest BCUT2D eigenvalue weighted by Gasteiger charge is 2.12. The number of methoxy groups -OCH3 is 2. The molecule has 0 aromatic carbocycles. The average molecular weight is 191 g/mol. The van der Waals surface area contributed by atoms with Gasteiger partial charge in [-0.1, -0.05) is 0 Å². The second kappa shape index (κ2) is 6.82. The number of hydrogen-bond acceptors (Lipinski definition) is 4. The van der Waals surface area contributed by atoms with E-state index in [2.05, 4.69) is 0 Å². The highest BCUT2D eigenvalue weighted by Crippen LogP contribution is 2.06. The molecule has 0 aliphatic heterocycles. The fraction of sp³-hybridized carbons (Fsp3) is 0.875. The lowest BCUT2D eigenvalue weighted by atomic mass is 10.1. The van der Waals surface area contributed by atoms with E-state index in [9.17, 15) is 4.79 Å². The van der Waals surface area contributed by atoms with E-state index in [-0.39, 0.29) is 6.29 Å². The first-order valence-corrected chi connectivity index (χ1v) is 4.15. The summed E-state index contributed by atoms with van der Waals surface area (Å²) in [6.07, 6.45) is 1.52. The summed E-state index contributed by atoms with van der Waals surface area (Å²) in [5.41, 5.74) is 5.30. The van der Waals surface area contributed by atoms with Crippen molar-refractivity contribution in [3.05, 3.63) is 0 Å². The third-order valence-electron chi connectivity index (χ3n) is 1.80. The molecule has 0 unspecified atom stereocenters. The lowest BCUT2D eigenvalue weighted by molar-refractivity contribution is -0.139. The van der Waals surface area contributed by atoms with E-state index in [0.29, 0.717) is 19.3 Å². The van der Waals surface area contributed by atoms with Crippen molar-refractivity contribution in [1.29, 1.82) is 0 Å². The van der Waals surface area contributed by atoms with Crippen LogP contribution >= 0.6 is 0 Å². The molecule has 0 aliphatic rings. The molecule has 0 radical (unpaired) electrons. The van der Waals surface area contributed by atoms with Gasteiger partial charge in [0.2, 0.25) is 0 Å². The Bertz CT molecular complexity index is 147. The van der Waals surface area contributed by atoms with E-state index in [1.807, 2.05) is 0 Å². The predicted molar refractivity (Wildman–Crippen MR) is 47.3 cm³/mol. The Labute approximate surface area is 77.8 Å². The van der Waals surface area contributed by atoms with Crippen molar-refractivity contribution in [2.24, 2.45) is 5.73 Å². The number of rotatable bonds is 7. The number of carbonyl (C=O) groups is 1. The van der Waals surface area contributed by atoms with Gasteiger partial charge in [0.25, 0.3) is 0 Å². The molecule has 0 aliphatic carbocycles. The maximum Gasteiger partial charge on any atom is 0.320 e. The van der Waals surface area contributed by atoms with Gasteiger partial charge in [0.15, 0.2) is 6.29 Å². The van der Waals surface area contributed by atoms with Crippen LogP contribution in [0.5, 0.6) is 0 Å². The lowest BCUT2D eigenvalue weighted by Gasteiger charge is -2.13. The first kappa shape index (κ1) is 12.3. The second-order valence-corrected chi connectivity index (χ2v) is 2.78. The summed E-state index contributed by atoms with van der Waals surface area (Å²) >= 11 is 0. The molecular weight excluding hydrogens is 174 g/mol. The molecule has 0 bridgehead atoms. The van der Waals surface area contributed by atoms with Crippen LogP contribution in [0, 0.1) is 0 Å². The highest BCUT2D eigenvalue weighted by atomic mass is 16.7. The Morgan fingerprint density at radius 1 is 1.38 bits per heavy atom. The molecule has 5 heteroatoms. The van der Waals surface area contributed by atoms with Crippen LogP contribution in [0.25, 0.3) is 0 Å². The molecule has 0 saturated heterocycles. The van der Waals surface area contributed by atoms with Crippen molar-refractivity contribution >= 4 is 5.97 Å². The van der Waals surface area contributed by atoms with E-state index in [1.165, 1.54) is 0 Å². The molecular formula is C8H17NO4. The Morgan fingerprint density at radius 2 is 1.92 bits per heavy atom. The molecule has 3 N–H and O–H groups in total. The van der Waals surface area contributed by atoms with Crippen molar-refractivity contribution in [3.8, 4) is 0 Å². The zero-order valence-corrected chi connectivity index (χ0v) is 8.03. The summed E-state index contributed by atoms with van der Waals surface area (Å²) in [7, 11) is 3.09. The number of ether oxygens (including phenoxy) is 2. The van der Waals surface area contributed by atoms with Crippen molar-refractivity contribution in [2.45, 2.75) is 31.6 Å². The molecule has 78 valence electrons. The summed E-state index contributed by atoms with van der Waals surface area (Å²) in [6.45, 7) is 0. The van der Waals surface area contributed by atoms with Crippen molar-refractivity contribution in [2.75, 3.05) is 14.2 Å². The van der Waals surface area contributed by atoms with Crippen LogP contribution in [0.15, 0.2) is 0 Å². The summed E-state index contributed by atoms with van der Waals surface area (Å²) in [6, 6.07) is -0.783. The molecule has 13 heavy (non-hydrogen) atoms. The number of carboxylic acid groups (broad SMARTS) is 1. The van der Waals surface area contributed by atoms with Gasteiger partial charge in [-0.15, -0.1) is 0 Å². The minimum atomic E-state index is -0.966. The number of hydrogen-bond donors (Lipinski definition) is 2. The average Bonchev–Trinajstić information content (AvgIpc) is 2.12. The maximum absolute atomic E-state index is 10.3. The topological polar surface area (TPSA) is 81.8 Å². The molecule has 0 amide bonds. The SMILES string of the molecule is COC(CCC[C@@H](N)C(=O)O)OC. The number of nitrogens with two attached hydrogens (primary N) is 1. The van der Waals surface area contributed by atoms with Gasteiger partial charge >= 0.3 is 5.97 Å². The predicted octanol–water partition coefficient (Wildman–Crippen LogP) is 0.188. The van der Waals surface area contributed by atoms with E-state index >= 15 is 0 Å². The Hall–Kier alpha value is -0.650. The van der Waals surface area contributed by atoms with Crippen molar-refractivity contribution in [1.82, 2.24) is 0 Å². The standard InChI is InChI=1S/C8H17NO4/c1-12-7(13-2)5-3-4-6(9)8(10)11/h6-7H,3-5,9H2,1-2H3,(H,10,11)/t6-/m1/s1. The van der Waals surface area contributed by atoms with Gasteiger partial charge in [-0.2, -0.15) is 0 Å². The number of carboxylic acids is 1. The molecule has 0 aromatic heterocycles. The van der Waals surface area contributed by atoms with Crippen LogP contribution in [-0.4, -0.2) is 37.6 Å². The summed E-state index contributed by atoms with van der Waals surface area (Å²) in [5.74, 6) is -0.966. The molecule has 0 spiro atoms. The Kier molecular flexibility index (Phi) is 6.48. The van der Waals surface area contributed by atoms with Gasteiger partial charge in [-0.05, 0) is 19.3 Å². The summed E-state index contributed by atoms with van der Waals surface area (Å²) < 4.78 is 9.86. The fourth-order valence-electron chi connectivity index (χ4n) is 0.960. The van der Waals surface area contributed by atoms with Crippen LogP contribution in [0.4, 0.5) is 0 Å². The smallest absolute Gasteiger partial charge is 0.320 e. The van der Waals surface area contributed by atoms with Crippen LogP contribution in [0.1, 0.15) is 19.3 Å². The van der Waals surface area contributed by atoms with Gasteiger partial charge < -0.3 is 20.3 Å². The zero-order chi connectivity index (χ0) is 10.3. The van der Waals surface area contributed by atoms with Crippen molar-refractivity contribution in [3.63, 3.8) is 0 Å². The van der Waals surface area contributed by atoms with Crippen molar-refractivity contribution < 1.29 is 19.4 Å². The third-order valence-corrected chi connectivity index (χ3v) is 1.80.